The number of guanidine groups is 1. The molecule has 0 amide bonds. The number of methoxy groups -OCH3 is 2. The van der Waals surface area contributed by atoms with Crippen molar-refractivity contribution in [3.63, 3.8) is 0 Å². The minimum absolute atomic E-state index is 0. The number of hydrogen-bond acceptors (Lipinski definition) is 4. The van der Waals surface area contributed by atoms with Crippen molar-refractivity contribution in [2.75, 3.05) is 21.3 Å². The van der Waals surface area contributed by atoms with Gasteiger partial charge < -0.3 is 20.1 Å². The molecule has 0 saturated carbocycles. The van der Waals surface area contributed by atoms with E-state index < -0.39 is 11.9 Å². The first-order valence-corrected chi connectivity index (χ1v) is 8.03. The molecule has 0 aliphatic rings. The smallest absolute Gasteiger partial charge is 0.435 e. The molecule has 11 heteroatoms. The fourth-order valence-electron chi connectivity index (χ4n) is 2.48. The summed E-state index contributed by atoms with van der Waals surface area (Å²) < 4.78 is 50.6. The second-order valence-electron chi connectivity index (χ2n) is 5.64. The van der Waals surface area contributed by atoms with Gasteiger partial charge in [0.2, 0.25) is 0 Å². The second kappa shape index (κ2) is 10.4. The summed E-state index contributed by atoms with van der Waals surface area (Å²) in [6.45, 7) is 0.341. The number of alkyl halides is 3. The van der Waals surface area contributed by atoms with E-state index in [1.807, 2.05) is 12.1 Å². The first-order chi connectivity index (χ1) is 12.8. The summed E-state index contributed by atoms with van der Waals surface area (Å²) in [7, 11) is 6.08. The molecule has 0 radical (unpaired) electrons. The van der Waals surface area contributed by atoms with Crippen molar-refractivity contribution in [2.45, 2.75) is 19.3 Å². The number of ether oxygens (including phenoxy) is 2. The Balaban J connectivity index is 0.00000392. The Labute approximate surface area is 178 Å². The van der Waals surface area contributed by atoms with E-state index in [4.69, 9.17) is 9.47 Å². The van der Waals surface area contributed by atoms with E-state index in [2.05, 4.69) is 20.7 Å². The van der Waals surface area contributed by atoms with Crippen molar-refractivity contribution >= 4 is 29.9 Å². The number of aliphatic imine (C=N–C) groups is 1. The van der Waals surface area contributed by atoms with Gasteiger partial charge in [-0.15, -0.1) is 24.0 Å². The van der Waals surface area contributed by atoms with E-state index in [1.165, 1.54) is 20.3 Å². The van der Waals surface area contributed by atoms with Gasteiger partial charge in [0.15, 0.2) is 23.2 Å². The molecular formula is C17H23F3IN5O2. The lowest BCUT2D eigenvalue weighted by molar-refractivity contribution is -0.142. The van der Waals surface area contributed by atoms with E-state index in [0.717, 1.165) is 10.2 Å². The van der Waals surface area contributed by atoms with E-state index in [9.17, 15) is 13.2 Å². The SMILES string of the molecule is CN=C(NCc1ccc(OC)c(OC)c1)NCc1cn(C)nc1C(F)(F)F.I. The monoisotopic (exact) mass is 513 g/mol. The number of nitrogens with zero attached hydrogens (tertiary/aromatic N) is 3. The Morgan fingerprint density at radius 1 is 1.14 bits per heavy atom. The Bertz CT molecular complexity index is 809. The molecule has 156 valence electrons. The van der Waals surface area contributed by atoms with E-state index in [0.29, 0.717) is 24.0 Å². The number of rotatable bonds is 6. The third-order valence-corrected chi connectivity index (χ3v) is 3.75. The summed E-state index contributed by atoms with van der Waals surface area (Å²) in [6, 6.07) is 5.43. The summed E-state index contributed by atoms with van der Waals surface area (Å²) in [5.41, 5.74) is 0.0277. The van der Waals surface area contributed by atoms with Crippen molar-refractivity contribution < 1.29 is 22.6 Å². The molecule has 28 heavy (non-hydrogen) atoms. The van der Waals surface area contributed by atoms with Gasteiger partial charge in [-0.3, -0.25) is 9.67 Å². The number of halogens is 4. The topological polar surface area (TPSA) is 72.7 Å². The van der Waals surface area contributed by atoms with Crippen molar-refractivity contribution in [3.8, 4) is 11.5 Å². The van der Waals surface area contributed by atoms with E-state index in [-0.39, 0.29) is 36.1 Å². The van der Waals surface area contributed by atoms with E-state index in [1.54, 1.807) is 20.3 Å². The average Bonchev–Trinajstić information content (AvgIpc) is 3.02. The molecule has 2 rings (SSSR count). The van der Waals surface area contributed by atoms with Gasteiger partial charge in [-0.2, -0.15) is 18.3 Å². The lowest BCUT2D eigenvalue weighted by Gasteiger charge is -2.14. The molecule has 1 heterocycles. The molecule has 0 aliphatic carbocycles. The standard InChI is InChI=1S/C17H22F3N5O2.HI/c1-21-16(22-8-11-5-6-13(26-3)14(7-11)27-4)23-9-12-10-25(2)24-15(12)17(18,19)20;/h5-7,10H,8-9H2,1-4H3,(H2,21,22,23);1H. The van der Waals surface area contributed by atoms with Gasteiger partial charge in [0.05, 0.1) is 14.2 Å². The predicted molar refractivity (Wildman–Crippen MR) is 110 cm³/mol. The quantitative estimate of drug-likeness (QED) is 0.353. The van der Waals surface area contributed by atoms with Gasteiger partial charge in [0, 0.05) is 38.9 Å². The molecule has 0 saturated heterocycles. The van der Waals surface area contributed by atoms with Crippen molar-refractivity contribution in [1.82, 2.24) is 20.4 Å². The maximum absolute atomic E-state index is 13.0. The van der Waals surface area contributed by atoms with Crippen LogP contribution in [0.4, 0.5) is 13.2 Å². The molecule has 2 N–H and O–H groups in total. The Hall–Kier alpha value is -2.18. The van der Waals surface area contributed by atoms with Crippen LogP contribution in [0, 0.1) is 0 Å². The van der Waals surface area contributed by atoms with Crippen LogP contribution in [-0.2, 0) is 26.3 Å². The summed E-state index contributed by atoms with van der Waals surface area (Å²) >= 11 is 0. The van der Waals surface area contributed by atoms with Crippen LogP contribution >= 0.6 is 24.0 Å². The Morgan fingerprint density at radius 3 is 2.36 bits per heavy atom. The van der Waals surface area contributed by atoms with Crippen LogP contribution in [0.15, 0.2) is 29.4 Å². The maximum atomic E-state index is 13.0. The van der Waals surface area contributed by atoms with Crippen LogP contribution in [0.25, 0.3) is 0 Å². The maximum Gasteiger partial charge on any atom is 0.435 e. The number of nitrogens with one attached hydrogen (secondary N) is 2. The van der Waals surface area contributed by atoms with Gasteiger partial charge >= 0.3 is 6.18 Å². The fourth-order valence-corrected chi connectivity index (χ4v) is 2.48. The summed E-state index contributed by atoms with van der Waals surface area (Å²) in [5, 5.41) is 9.39. The summed E-state index contributed by atoms with van der Waals surface area (Å²) in [6.07, 6.45) is -3.17. The lowest BCUT2D eigenvalue weighted by atomic mass is 10.2. The van der Waals surface area contributed by atoms with Gasteiger partial charge in [-0.25, -0.2) is 0 Å². The van der Waals surface area contributed by atoms with Crippen LogP contribution < -0.4 is 20.1 Å². The fraction of sp³-hybridized carbons (Fsp3) is 0.412. The summed E-state index contributed by atoms with van der Waals surface area (Å²) in [5.74, 6) is 1.56. The van der Waals surface area contributed by atoms with Crippen molar-refractivity contribution in [1.29, 1.82) is 0 Å². The molecule has 0 unspecified atom stereocenters. The lowest BCUT2D eigenvalue weighted by Crippen LogP contribution is -2.36. The van der Waals surface area contributed by atoms with Crippen molar-refractivity contribution in [3.05, 3.63) is 41.2 Å². The zero-order valence-corrected chi connectivity index (χ0v) is 18.3. The number of hydrogen-bond donors (Lipinski definition) is 2. The van der Waals surface area contributed by atoms with Crippen LogP contribution in [-0.4, -0.2) is 37.0 Å². The zero-order valence-electron chi connectivity index (χ0n) is 15.9. The van der Waals surface area contributed by atoms with Crippen LogP contribution in [0.1, 0.15) is 16.8 Å². The van der Waals surface area contributed by atoms with Crippen LogP contribution in [0.5, 0.6) is 11.5 Å². The minimum atomic E-state index is -4.51. The number of aryl methyl sites for hydroxylation is 1. The molecule has 7 nitrogen and oxygen atoms in total. The minimum Gasteiger partial charge on any atom is -0.493 e. The summed E-state index contributed by atoms with van der Waals surface area (Å²) in [4.78, 5) is 4.02. The van der Waals surface area contributed by atoms with E-state index >= 15 is 0 Å². The normalized spacial score (nSPS) is 11.6. The number of aromatic nitrogens is 2. The molecule has 0 fully saturated rings. The molecule has 1 aromatic carbocycles. The first-order valence-electron chi connectivity index (χ1n) is 8.03. The van der Waals surface area contributed by atoms with Gasteiger partial charge in [0.25, 0.3) is 0 Å². The highest BCUT2D eigenvalue weighted by atomic mass is 127. The van der Waals surface area contributed by atoms with Gasteiger partial charge in [0.1, 0.15) is 0 Å². The Morgan fingerprint density at radius 2 is 1.79 bits per heavy atom. The average molecular weight is 513 g/mol. The molecule has 0 spiro atoms. The largest absolute Gasteiger partial charge is 0.493 e. The van der Waals surface area contributed by atoms with Crippen molar-refractivity contribution in [2.24, 2.45) is 12.0 Å². The molecule has 0 bridgehead atoms. The highest BCUT2D eigenvalue weighted by Crippen LogP contribution is 2.30. The molecular weight excluding hydrogens is 490 g/mol. The van der Waals surface area contributed by atoms with Crippen LogP contribution in [0.2, 0.25) is 0 Å². The predicted octanol–water partition coefficient (Wildman–Crippen LogP) is 2.94. The van der Waals surface area contributed by atoms with Gasteiger partial charge in [-0.1, -0.05) is 6.07 Å². The number of benzene rings is 1. The Kier molecular flexibility index (Phi) is 8.85. The highest BCUT2D eigenvalue weighted by molar-refractivity contribution is 14.0. The highest BCUT2D eigenvalue weighted by Gasteiger charge is 2.36. The van der Waals surface area contributed by atoms with Crippen LogP contribution in [0.3, 0.4) is 0 Å². The van der Waals surface area contributed by atoms with Gasteiger partial charge in [-0.05, 0) is 17.7 Å². The first kappa shape index (κ1) is 23.9. The molecule has 2 aromatic rings. The zero-order chi connectivity index (χ0) is 20.0. The third kappa shape index (κ3) is 6.17. The molecule has 0 aliphatic heterocycles. The molecule has 1 aromatic heterocycles. The second-order valence-corrected chi connectivity index (χ2v) is 5.64. The third-order valence-electron chi connectivity index (χ3n) is 3.75. The molecule has 0 atom stereocenters.